The van der Waals surface area contributed by atoms with Crippen molar-refractivity contribution in [1.82, 2.24) is 4.90 Å². The fourth-order valence-electron chi connectivity index (χ4n) is 1.40. The largest absolute Gasteiger partial charge is 1.00 e. The molecule has 0 radical (unpaired) electrons. The van der Waals surface area contributed by atoms with Gasteiger partial charge in [0.2, 0.25) is 5.08 Å². The minimum atomic E-state index is -5.82. The molecule has 116 valence electrons. The van der Waals surface area contributed by atoms with E-state index in [1.165, 1.54) is 0 Å². The van der Waals surface area contributed by atoms with Crippen LogP contribution in [0, 0.1) is 0 Å². The maximum atomic E-state index is 11.2. The van der Waals surface area contributed by atoms with E-state index in [1.54, 1.807) is 0 Å². The van der Waals surface area contributed by atoms with E-state index in [4.69, 9.17) is 18.8 Å². The van der Waals surface area contributed by atoms with Gasteiger partial charge in [0.1, 0.15) is 0 Å². The van der Waals surface area contributed by atoms with Crippen LogP contribution in [-0.4, -0.2) is 49.8 Å². The number of unbranched alkanes of at least 4 members (excludes halogenated alkanes) is 2. The Hall–Kier alpha value is 1.22. The first kappa shape index (κ1) is 17.6. The third kappa shape index (κ3) is 6.99. The van der Waals surface area contributed by atoms with Crippen molar-refractivity contribution >= 4 is 15.2 Å². The number of hydrogen-bond donors (Lipinski definition) is 4. The molecule has 11 heteroatoms. The first-order chi connectivity index (χ1) is 9.67. The molecule has 0 fully saturated rings. The van der Waals surface area contributed by atoms with Crippen molar-refractivity contribution in [2.45, 2.75) is 37.7 Å². The van der Waals surface area contributed by atoms with E-state index in [2.05, 4.69) is 0 Å². The van der Waals surface area contributed by atoms with Crippen LogP contribution in [0.1, 0.15) is 36.7 Å². The van der Waals surface area contributed by atoms with Gasteiger partial charge >= 0.3 is 37.2 Å². The minimum absolute atomic E-state index is 0. The van der Waals surface area contributed by atoms with Gasteiger partial charge < -0.3 is 34.1 Å². The second kappa shape index (κ2) is 9.38. The van der Waals surface area contributed by atoms with E-state index in [-0.39, 0.29) is 36.1 Å². The first-order valence-corrected chi connectivity index (χ1v) is 8.93. The Kier molecular flexibility index (Phi) is 8.24. The number of rotatable bonds is 9. The molecule has 0 bridgehead atoms. The number of hydrogen-bond acceptors (Lipinski definition) is 5. The molecule has 0 aromatic heterocycles. The predicted molar refractivity (Wildman–Crippen MR) is 68.5 cm³/mol. The molecule has 0 rings (SSSR count). The van der Waals surface area contributed by atoms with E-state index < -0.39 is 40.2 Å². The third-order valence-corrected chi connectivity index (χ3v) is 6.49. The van der Waals surface area contributed by atoms with Crippen LogP contribution < -0.4 is 34.5 Å². The van der Waals surface area contributed by atoms with Crippen LogP contribution in [0.15, 0.2) is 0 Å². The van der Waals surface area contributed by atoms with Gasteiger partial charge in [0.15, 0.2) is 7.60 Å². The molecular weight excluding hydrogens is 319 g/mol. The molecule has 0 saturated carbocycles. The molecule has 0 spiro atoms. The van der Waals surface area contributed by atoms with Crippen molar-refractivity contribution in [2.24, 2.45) is 0 Å². The van der Waals surface area contributed by atoms with Crippen molar-refractivity contribution in [2.75, 3.05) is 20.1 Å². The number of aliphatic hydroxyl groups is 1. The van der Waals surface area contributed by atoms with Crippen LogP contribution in [0.4, 0.5) is 0 Å². The van der Waals surface area contributed by atoms with Gasteiger partial charge in [0.25, 0.3) is 0 Å². The van der Waals surface area contributed by atoms with Gasteiger partial charge in [-0.25, -0.2) is 0 Å². The zero-order chi connectivity index (χ0) is 17.8. The Morgan fingerprint density at radius 2 is 1.80 bits per heavy atom. The molecule has 0 aliphatic rings. The fraction of sp³-hybridized carbons (Fsp3) is 1.00. The molecule has 0 aliphatic carbocycles. The molecule has 0 saturated heterocycles. The van der Waals surface area contributed by atoms with Crippen LogP contribution >= 0.6 is 15.2 Å². The summed E-state index contributed by atoms with van der Waals surface area (Å²) in [4.78, 5) is 38.8. The Balaban J connectivity index is 0. The van der Waals surface area contributed by atoms with E-state index in [0.29, 0.717) is 6.42 Å². The van der Waals surface area contributed by atoms with Gasteiger partial charge in [-0.2, -0.15) is 0 Å². The van der Waals surface area contributed by atoms with Gasteiger partial charge in [-0.05, 0) is 19.9 Å². The van der Waals surface area contributed by atoms with Gasteiger partial charge in [-0.3, -0.25) is 4.57 Å². The van der Waals surface area contributed by atoms with Crippen molar-refractivity contribution < 1.29 is 67.5 Å². The van der Waals surface area contributed by atoms with Crippen molar-refractivity contribution in [3.63, 3.8) is 0 Å². The molecular formula is C9H22NNaO7P2. The molecule has 4 N–H and O–H groups in total. The van der Waals surface area contributed by atoms with Crippen LogP contribution in [0.25, 0.3) is 0 Å². The second-order valence-corrected chi connectivity index (χ2v) is 8.24. The van der Waals surface area contributed by atoms with E-state index in [9.17, 15) is 19.1 Å². The molecule has 0 aromatic carbocycles. The summed E-state index contributed by atoms with van der Waals surface area (Å²) in [6.07, 6.45) is 0.888. The van der Waals surface area contributed by atoms with Gasteiger partial charge in [-0.1, -0.05) is 19.8 Å². The van der Waals surface area contributed by atoms with E-state index in [1.807, 2.05) is 6.92 Å². The van der Waals surface area contributed by atoms with E-state index in [0.717, 1.165) is 17.7 Å². The van der Waals surface area contributed by atoms with Crippen LogP contribution in [0.5, 0.6) is 0 Å². The molecule has 8 nitrogen and oxygen atoms in total. The summed E-state index contributed by atoms with van der Waals surface area (Å²) in [6, 6.07) is 0. The van der Waals surface area contributed by atoms with E-state index >= 15 is 0 Å². The fourth-order valence-corrected chi connectivity index (χ4v) is 3.49. The van der Waals surface area contributed by atoms with Crippen LogP contribution in [-0.2, 0) is 9.13 Å². The molecule has 2 atom stereocenters. The SMILES string of the molecule is [2H]C([2H])([2H])N(CCCCC)CCC(O)(P(=O)([O-])O)P(=O)(O)O.[Na+]. The third-order valence-electron chi connectivity index (χ3n) is 2.67. The smallest absolute Gasteiger partial charge is 0.776 e. The van der Waals surface area contributed by atoms with Crippen LogP contribution in [0.3, 0.4) is 0 Å². The van der Waals surface area contributed by atoms with Crippen LogP contribution in [0.2, 0.25) is 0 Å². The van der Waals surface area contributed by atoms with Gasteiger partial charge in [-0.15, -0.1) is 0 Å². The number of nitrogens with zero attached hydrogens (tertiary/aromatic N) is 1. The summed E-state index contributed by atoms with van der Waals surface area (Å²) in [6.45, 7) is -1.32. The molecule has 20 heavy (non-hydrogen) atoms. The normalized spacial score (nSPS) is 21.1. The zero-order valence-corrected chi connectivity index (χ0v) is 15.4. The summed E-state index contributed by atoms with van der Waals surface area (Å²) in [7, 11) is -11.4. The molecule has 0 amide bonds. The Morgan fingerprint density at radius 1 is 1.25 bits per heavy atom. The summed E-state index contributed by atoms with van der Waals surface area (Å²) < 4.78 is 44.2. The quantitative estimate of drug-likeness (QED) is 0.195. The second-order valence-electron chi connectivity index (χ2n) is 4.28. The first-order valence-electron chi connectivity index (χ1n) is 7.24. The minimum Gasteiger partial charge on any atom is -0.776 e. The standard InChI is InChI=1S/C9H23NO7P2.Na/c1-3-4-5-7-10(2)8-6-9(11,18(12,13)14)19(15,16)17;/h11H,3-8H2,1-2H3,(H2,12,13,14)(H2,15,16,17);/q;+1/p-1/i2D3;. The average Bonchev–Trinajstić information content (AvgIpc) is 2.28. The van der Waals surface area contributed by atoms with Crippen molar-refractivity contribution in [3.8, 4) is 0 Å². The van der Waals surface area contributed by atoms with Gasteiger partial charge in [0.05, 0.1) is 0 Å². The molecule has 0 aromatic rings. The summed E-state index contributed by atoms with van der Waals surface area (Å²) in [5, 5.41) is 5.97. The van der Waals surface area contributed by atoms with Crippen molar-refractivity contribution in [1.29, 1.82) is 0 Å². The van der Waals surface area contributed by atoms with Gasteiger partial charge in [0, 0.05) is 17.1 Å². The topological polar surface area (TPSA) is 141 Å². The molecule has 0 heterocycles. The summed E-state index contributed by atoms with van der Waals surface area (Å²) >= 11 is 0. The Labute approximate surface area is 145 Å². The Bertz CT molecular complexity index is 431. The monoisotopic (exact) mass is 344 g/mol. The molecule has 0 aliphatic heterocycles. The predicted octanol–water partition coefficient (Wildman–Crippen LogP) is -3.13. The maximum absolute atomic E-state index is 11.2. The van der Waals surface area contributed by atoms with Crippen molar-refractivity contribution in [3.05, 3.63) is 0 Å². The maximum Gasteiger partial charge on any atom is 1.00 e. The zero-order valence-electron chi connectivity index (χ0n) is 14.6. The summed E-state index contributed by atoms with van der Waals surface area (Å²) in [5.41, 5.74) is 0. The average molecular weight is 344 g/mol. The molecule has 2 unspecified atom stereocenters. The Morgan fingerprint density at radius 3 is 2.15 bits per heavy atom. The summed E-state index contributed by atoms with van der Waals surface area (Å²) in [5.74, 6) is 0.